The van der Waals surface area contributed by atoms with Crippen LogP contribution in [0.15, 0.2) is 35.3 Å². The van der Waals surface area contributed by atoms with Gasteiger partial charge in [-0.25, -0.2) is 0 Å². The van der Waals surface area contributed by atoms with E-state index >= 15 is 0 Å². The first-order chi connectivity index (χ1) is 13.0. The normalized spacial score (nSPS) is 16.5. The first-order valence-electron chi connectivity index (χ1n) is 9.84. The SMILES string of the molecule is CCNC(=NCCCCC(F)(F)F)NC1CCN(Cc2ccccc2)CC1.I. The van der Waals surface area contributed by atoms with E-state index in [0.29, 0.717) is 25.0 Å². The second kappa shape index (κ2) is 13.2. The summed E-state index contributed by atoms with van der Waals surface area (Å²) < 4.78 is 36.5. The predicted octanol–water partition coefficient (Wildman–Crippen LogP) is 4.56. The molecule has 8 heteroatoms. The fraction of sp³-hybridized carbons (Fsp3) is 0.650. The van der Waals surface area contributed by atoms with Gasteiger partial charge in [0.1, 0.15) is 0 Å². The Balaban J connectivity index is 0.00000392. The minimum Gasteiger partial charge on any atom is -0.357 e. The topological polar surface area (TPSA) is 39.7 Å². The van der Waals surface area contributed by atoms with Gasteiger partial charge in [-0.3, -0.25) is 9.89 Å². The van der Waals surface area contributed by atoms with Gasteiger partial charge in [0.25, 0.3) is 0 Å². The first-order valence-corrected chi connectivity index (χ1v) is 9.84. The van der Waals surface area contributed by atoms with Crippen LogP contribution < -0.4 is 10.6 Å². The highest BCUT2D eigenvalue weighted by Gasteiger charge is 2.25. The number of rotatable bonds is 8. The number of likely N-dealkylation sites (tertiary alicyclic amines) is 1. The highest BCUT2D eigenvalue weighted by atomic mass is 127. The van der Waals surface area contributed by atoms with Crippen molar-refractivity contribution in [1.29, 1.82) is 0 Å². The van der Waals surface area contributed by atoms with Crippen molar-refractivity contribution in [2.75, 3.05) is 26.2 Å². The zero-order valence-electron chi connectivity index (χ0n) is 16.5. The number of alkyl halides is 3. The van der Waals surface area contributed by atoms with Crippen LogP contribution in [0.3, 0.4) is 0 Å². The molecule has 1 heterocycles. The lowest BCUT2D eigenvalue weighted by atomic mass is 10.0. The summed E-state index contributed by atoms with van der Waals surface area (Å²) in [5, 5.41) is 6.63. The van der Waals surface area contributed by atoms with E-state index in [1.54, 1.807) is 0 Å². The molecule has 0 amide bonds. The Labute approximate surface area is 183 Å². The monoisotopic (exact) mass is 512 g/mol. The number of halogens is 4. The lowest BCUT2D eigenvalue weighted by molar-refractivity contribution is -0.135. The summed E-state index contributed by atoms with van der Waals surface area (Å²) >= 11 is 0. The maximum atomic E-state index is 12.2. The molecule has 0 aromatic heterocycles. The zero-order valence-corrected chi connectivity index (χ0v) is 18.8. The number of hydrogen-bond acceptors (Lipinski definition) is 2. The maximum Gasteiger partial charge on any atom is 0.389 e. The Morgan fingerprint density at radius 2 is 1.82 bits per heavy atom. The molecular formula is C20H32F3IN4. The number of unbranched alkanes of at least 4 members (excludes halogenated alkanes) is 1. The molecular weight excluding hydrogens is 480 g/mol. The number of guanidine groups is 1. The van der Waals surface area contributed by atoms with Gasteiger partial charge in [0.05, 0.1) is 0 Å². The van der Waals surface area contributed by atoms with Crippen molar-refractivity contribution >= 4 is 29.9 Å². The van der Waals surface area contributed by atoms with E-state index in [9.17, 15) is 13.2 Å². The van der Waals surface area contributed by atoms with Gasteiger partial charge in [0.15, 0.2) is 5.96 Å². The second-order valence-corrected chi connectivity index (χ2v) is 7.01. The van der Waals surface area contributed by atoms with E-state index in [-0.39, 0.29) is 30.4 Å². The van der Waals surface area contributed by atoms with E-state index in [4.69, 9.17) is 0 Å². The zero-order chi connectivity index (χ0) is 19.5. The molecule has 160 valence electrons. The van der Waals surface area contributed by atoms with Crippen LogP contribution in [0.4, 0.5) is 13.2 Å². The molecule has 28 heavy (non-hydrogen) atoms. The molecule has 0 bridgehead atoms. The number of aliphatic imine (C=N–C) groups is 1. The molecule has 1 aromatic rings. The largest absolute Gasteiger partial charge is 0.389 e. The van der Waals surface area contributed by atoms with Crippen LogP contribution in [0.25, 0.3) is 0 Å². The van der Waals surface area contributed by atoms with Crippen molar-refractivity contribution in [3.05, 3.63) is 35.9 Å². The van der Waals surface area contributed by atoms with E-state index < -0.39 is 12.6 Å². The lowest BCUT2D eigenvalue weighted by Gasteiger charge is -2.33. The van der Waals surface area contributed by atoms with Crippen molar-refractivity contribution in [3.8, 4) is 0 Å². The summed E-state index contributed by atoms with van der Waals surface area (Å²) in [6.45, 7) is 6.17. The second-order valence-electron chi connectivity index (χ2n) is 7.01. The maximum absolute atomic E-state index is 12.2. The molecule has 1 aliphatic rings. The minimum atomic E-state index is -4.07. The third-order valence-electron chi connectivity index (χ3n) is 4.66. The molecule has 0 spiro atoms. The third kappa shape index (κ3) is 10.5. The van der Waals surface area contributed by atoms with Crippen LogP contribution >= 0.6 is 24.0 Å². The molecule has 0 radical (unpaired) electrons. The Hall–Kier alpha value is -1.03. The van der Waals surface area contributed by atoms with Crippen LogP contribution in [0.5, 0.6) is 0 Å². The Kier molecular flexibility index (Phi) is 11.8. The fourth-order valence-electron chi connectivity index (χ4n) is 3.22. The quantitative estimate of drug-likeness (QED) is 0.232. The standard InChI is InChI=1S/C20H31F3N4.HI/c1-2-24-19(25-13-7-6-12-20(21,22)23)26-18-10-14-27(15-11-18)16-17-8-4-3-5-9-17;/h3-5,8-9,18H,2,6-7,10-16H2,1H3,(H2,24,25,26);1H. The molecule has 4 nitrogen and oxygen atoms in total. The van der Waals surface area contributed by atoms with Gasteiger partial charge in [-0.2, -0.15) is 13.2 Å². The van der Waals surface area contributed by atoms with Crippen molar-refractivity contribution in [3.63, 3.8) is 0 Å². The minimum absolute atomic E-state index is 0. The smallest absolute Gasteiger partial charge is 0.357 e. The number of nitrogens with zero attached hydrogens (tertiary/aromatic N) is 2. The molecule has 1 aliphatic heterocycles. The van der Waals surface area contributed by atoms with Gasteiger partial charge in [-0.15, -0.1) is 24.0 Å². The van der Waals surface area contributed by atoms with Crippen molar-refractivity contribution in [2.45, 2.75) is 57.8 Å². The van der Waals surface area contributed by atoms with E-state index in [1.165, 1.54) is 5.56 Å². The van der Waals surface area contributed by atoms with Crippen LogP contribution in [0.2, 0.25) is 0 Å². The van der Waals surface area contributed by atoms with Gasteiger partial charge in [-0.05, 0) is 38.2 Å². The number of hydrogen-bond donors (Lipinski definition) is 2. The highest BCUT2D eigenvalue weighted by molar-refractivity contribution is 14.0. The summed E-state index contributed by atoms with van der Waals surface area (Å²) in [6.07, 6.45) is -2.15. The van der Waals surface area contributed by atoms with E-state index in [2.05, 4.69) is 44.8 Å². The average Bonchev–Trinajstić information content (AvgIpc) is 2.63. The van der Waals surface area contributed by atoms with Gasteiger partial charge in [-0.1, -0.05) is 30.3 Å². The molecule has 2 rings (SSSR count). The summed E-state index contributed by atoms with van der Waals surface area (Å²) in [5.41, 5.74) is 1.33. The molecule has 2 N–H and O–H groups in total. The first kappa shape index (κ1) is 25.0. The molecule has 0 saturated carbocycles. The molecule has 1 aromatic carbocycles. The Bertz CT molecular complexity index is 558. The summed E-state index contributed by atoms with van der Waals surface area (Å²) in [7, 11) is 0. The summed E-state index contributed by atoms with van der Waals surface area (Å²) in [5.74, 6) is 0.714. The number of nitrogens with one attached hydrogen (secondary N) is 2. The van der Waals surface area contributed by atoms with Crippen molar-refractivity contribution in [2.24, 2.45) is 4.99 Å². The van der Waals surface area contributed by atoms with Gasteiger partial charge in [0.2, 0.25) is 0 Å². The van der Waals surface area contributed by atoms with Gasteiger partial charge < -0.3 is 10.6 Å². The molecule has 0 aliphatic carbocycles. The van der Waals surface area contributed by atoms with Crippen molar-refractivity contribution in [1.82, 2.24) is 15.5 Å². The molecule has 0 unspecified atom stereocenters. The average molecular weight is 512 g/mol. The van der Waals surface area contributed by atoms with Crippen molar-refractivity contribution < 1.29 is 13.2 Å². The number of piperidine rings is 1. The van der Waals surface area contributed by atoms with E-state index in [0.717, 1.165) is 39.0 Å². The third-order valence-corrected chi connectivity index (χ3v) is 4.66. The van der Waals surface area contributed by atoms with Crippen LogP contribution in [-0.4, -0.2) is 49.3 Å². The summed E-state index contributed by atoms with van der Waals surface area (Å²) in [4.78, 5) is 6.88. The van der Waals surface area contributed by atoms with Crippen LogP contribution in [0, 0.1) is 0 Å². The number of benzene rings is 1. The predicted molar refractivity (Wildman–Crippen MR) is 119 cm³/mol. The Morgan fingerprint density at radius 3 is 2.43 bits per heavy atom. The molecule has 0 atom stereocenters. The fourth-order valence-corrected chi connectivity index (χ4v) is 3.22. The summed E-state index contributed by atoms with van der Waals surface area (Å²) in [6, 6.07) is 10.8. The van der Waals surface area contributed by atoms with Crippen LogP contribution in [-0.2, 0) is 6.54 Å². The van der Waals surface area contributed by atoms with Crippen LogP contribution in [0.1, 0.15) is 44.6 Å². The van der Waals surface area contributed by atoms with Gasteiger partial charge >= 0.3 is 6.18 Å². The van der Waals surface area contributed by atoms with Gasteiger partial charge in [0, 0.05) is 45.2 Å². The van der Waals surface area contributed by atoms with E-state index in [1.807, 2.05) is 13.0 Å². The lowest BCUT2D eigenvalue weighted by Crippen LogP contribution is -2.48. The highest BCUT2D eigenvalue weighted by Crippen LogP contribution is 2.22. The Morgan fingerprint density at radius 1 is 1.14 bits per heavy atom. The molecule has 1 saturated heterocycles. The molecule has 1 fully saturated rings.